The van der Waals surface area contributed by atoms with E-state index in [9.17, 15) is 4.79 Å². The Labute approximate surface area is 99.1 Å². The molecule has 17 heavy (non-hydrogen) atoms. The molecule has 1 saturated heterocycles. The van der Waals surface area contributed by atoms with E-state index in [4.69, 9.17) is 0 Å². The van der Waals surface area contributed by atoms with Crippen molar-refractivity contribution in [3.8, 4) is 0 Å². The lowest BCUT2D eigenvalue weighted by atomic mass is 10.3. The largest absolute Gasteiger partial charge is 0.370 e. The molecule has 5 nitrogen and oxygen atoms in total. The summed E-state index contributed by atoms with van der Waals surface area (Å²) in [6, 6.07) is 1.98. The number of imidazole rings is 1. The average Bonchev–Trinajstić information content (AvgIpc) is 2.97. The summed E-state index contributed by atoms with van der Waals surface area (Å²) in [5.74, 6) is 0.430. The summed E-state index contributed by atoms with van der Waals surface area (Å²) in [7, 11) is 1.82. The number of hydrogen-bond donors (Lipinski definition) is 0. The standard InChI is InChI=1S/C12H14N4O/c1-15-10(8-17)14-11-9(4-5-13-12(11)15)16-6-2-3-7-16/h4-5,8H,2-3,6-7H2,1H3. The van der Waals surface area contributed by atoms with E-state index in [2.05, 4.69) is 14.9 Å². The Morgan fingerprint density at radius 3 is 2.82 bits per heavy atom. The van der Waals surface area contributed by atoms with E-state index in [-0.39, 0.29) is 0 Å². The van der Waals surface area contributed by atoms with E-state index in [0.717, 1.165) is 36.2 Å². The van der Waals surface area contributed by atoms with Crippen LogP contribution in [0.1, 0.15) is 23.5 Å². The molecule has 1 fully saturated rings. The smallest absolute Gasteiger partial charge is 0.185 e. The lowest BCUT2D eigenvalue weighted by Crippen LogP contribution is -2.18. The van der Waals surface area contributed by atoms with Crippen molar-refractivity contribution in [2.24, 2.45) is 7.05 Å². The molecule has 0 saturated carbocycles. The topological polar surface area (TPSA) is 51.0 Å². The Balaban J connectivity index is 2.21. The van der Waals surface area contributed by atoms with Gasteiger partial charge in [0.1, 0.15) is 5.52 Å². The van der Waals surface area contributed by atoms with Gasteiger partial charge in [-0.25, -0.2) is 9.97 Å². The highest BCUT2D eigenvalue weighted by atomic mass is 16.1. The Kier molecular flexibility index (Phi) is 2.31. The van der Waals surface area contributed by atoms with Crippen LogP contribution in [-0.2, 0) is 7.05 Å². The van der Waals surface area contributed by atoms with Gasteiger partial charge in [0.25, 0.3) is 0 Å². The van der Waals surface area contributed by atoms with E-state index < -0.39 is 0 Å². The summed E-state index contributed by atoms with van der Waals surface area (Å²) in [6.07, 6.45) is 5.00. The van der Waals surface area contributed by atoms with E-state index >= 15 is 0 Å². The van der Waals surface area contributed by atoms with Crippen LogP contribution >= 0.6 is 0 Å². The second-order valence-electron chi connectivity index (χ2n) is 4.34. The number of hydrogen-bond acceptors (Lipinski definition) is 4. The fraction of sp³-hybridized carbons (Fsp3) is 0.417. The minimum absolute atomic E-state index is 0.430. The molecule has 0 aromatic carbocycles. The molecule has 0 radical (unpaired) electrons. The number of carbonyl (C=O) groups excluding carboxylic acids is 1. The molecular weight excluding hydrogens is 216 g/mol. The molecule has 0 amide bonds. The van der Waals surface area contributed by atoms with Crippen LogP contribution in [0, 0.1) is 0 Å². The number of aromatic nitrogens is 3. The molecule has 1 aliphatic rings. The van der Waals surface area contributed by atoms with Gasteiger partial charge in [0.15, 0.2) is 17.8 Å². The van der Waals surface area contributed by atoms with Crippen molar-refractivity contribution < 1.29 is 4.79 Å². The van der Waals surface area contributed by atoms with Crippen molar-refractivity contribution in [2.45, 2.75) is 12.8 Å². The Hall–Kier alpha value is -1.91. The summed E-state index contributed by atoms with van der Waals surface area (Å²) in [5, 5.41) is 0. The summed E-state index contributed by atoms with van der Waals surface area (Å²) >= 11 is 0. The molecule has 3 heterocycles. The molecule has 0 spiro atoms. The molecule has 1 aliphatic heterocycles. The van der Waals surface area contributed by atoms with Crippen molar-refractivity contribution >= 4 is 23.1 Å². The van der Waals surface area contributed by atoms with Crippen LogP contribution in [0.25, 0.3) is 11.2 Å². The third kappa shape index (κ3) is 1.50. The Morgan fingerprint density at radius 1 is 1.35 bits per heavy atom. The van der Waals surface area contributed by atoms with Crippen LogP contribution in [0.2, 0.25) is 0 Å². The molecule has 2 aromatic heterocycles. The van der Waals surface area contributed by atoms with Crippen molar-refractivity contribution in [1.29, 1.82) is 0 Å². The van der Waals surface area contributed by atoms with Crippen LogP contribution in [0.4, 0.5) is 5.69 Å². The van der Waals surface area contributed by atoms with Gasteiger partial charge in [0.2, 0.25) is 0 Å². The SMILES string of the molecule is Cn1c(C=O)nc2c(N3CCCC3)ccnc21. The number of pyridine rings is 1. The maximum atomic E-state index is 10.9. The molecular formula is C12H14N4O. The quantitative estimate of drug-likeness (QED) is 0.731. The summed E-state index contributed by atoms with van der Waals surface area (Å²) in [4.78, 5) is 21.9. The summed E-state index contributed by atoms with van der Waals surface area (Å²) in [5.41, 5.74) is 2.70. The number of aryl methyl sites for hydroxylation is 1. The highest BCUT2D eigenvalue weighted by Gasteiger charge is 2.18. The molecule has 0 atom stereocenters. The highest BCUT2D eigenvalue weighted by molar-refractivity contribution is 5.89. The fourth-order valence-electron chi connectivity index (χ4n) is 2.40. The van der Waals surface area contributed by atoms with E-state index in [1.54, 1.807) is 10.8 Å². The van der Waals surface area contributed by atoms with Gasteiger partial charge in [-0.1, -0.05) is 0 Å². The predicted octanol–water partition coefficient (Wildman–Crippen LogP) is 1.38. The van der Waals surface area contributed by atoms with Crippen LogP contribution in [0.5, 0.6) is 0 Å². The maximum Gasteiger partial charge on any atom is 0.185 e. The molecule has 3 rings (SSSR count). The molecule has 0 aliphatic carbocycles. The van der Waals surface area contributed by atoms with E-state index in [0.29, 0.717) is 5.82 Å². The number of nitrogens with zero attached hydrogens (tertiary/aromatic N) is 4. The zero-order valence-electron chi connectivity index (χ0n) is 9.76. The molecule has 0 bridgehead atoms. The average molecular weight is 230 g/mol. The molecule has 0 N–H and O–H groups in total. The van der Waals surface area contributed by atoms with Gasteiger partial charge in [0, 0.05) is 26.3 Å². The normalized spacial score (nSPS) is 15.7. The van der Waals surface area contributed by atoms with Gasteiger partial charge >= 0.3 is 0 Å². The van der Waals surface area contributed by atoms with Gasteiger partial charge in [-0.05, 0) is 18.9 Å². The predicted molar refractivity (Wildman–Crippen MR) is 65.3 cm³/mol. The van der Waals surface area contributed by atoms with Gasteiger partial charge < -0.3 is 9.47 Å². The second-order valence-corrected chi connectivity index (χ2v) is 4.34. The van der Waals surface area contributed by atoms with Gasteiger partial charge in [-0.2, -0.15) is 0 Å². The third-order valence-electron chi connectivity index (χ3n) is 3.32. The third-order valence-corrected chi connectivity index (χ3v) is 3.32. The Bertz CT molecular complexity index is 569. The Morgan fingerprint density at radius 2 is 2.12 bits per heavy atom. The van der Waals surface area contributed by atoms with Crippen LogP contribution < -0.4 is 4.90 Å². The van der Waals surface area contributed by atoms with E-state index in [1.807, 2.05) is 13.1 Å². The minimum Gasteiger partial charge on any atom is -0.370 e. The summed E-state index contributed by atoms with van der Waals surface area (Å²) in [6.45, 7) is 2.12. The maximum absolute atomic E-state index is 10.9. The van der Waals surface area contributed by atoms with Gasteiger partial charge in [-0.15, -0.1) is 0 Å². The fourth-order valence-corrected chi connectivity index (χ4v) is 2.40. The van der Waals surface area contributed by atoms with Crippen LogP contribution in [-0.4, -0.2) is 33.9 Å². The first-order valence-corrected chi connectivity index (χ1v) is 5.83. The summed E-state index contributed by atoms with van der Waals surface area (Å²) < 4.78 is 1.74. The van der Waals surface area contributed by atoms with Gasteiger partial charge in [-0.3, -0.25) is 4.79 Å². The monoisotopic (exact) mass is 230 g/mol. The number of carbonyl (C=O) groups is 1. The first-order chi connectivity index (χ1) is 8.31. The van der Waals surface area contributed by atoms with Crippen LogP contribution in [0.15, 0.2) is 12.3 Å². The second kappa shape index (κ2) is 3.84. The zero-order chi connectivity index (χ0) is 11.8. The molecule has 2 aromatic rings. The van der Waals surface area contributed by atoms with Crippen molar-refractivity contribution in [2.75, 3.05) is 18.0 Å². The zero-order valence-corrected chi connectivity index (χ0v) is 9.76. The first-order valence-electron chi connectivity index (χ1n) is 5.83. The van der Waals surface area contributed by atoms with Crippen molar-refractivity contribution in [1.82, 2.24) is 14.5 Å². The first kappa shape index (κ1) is 10.3. The number of aldehydes is 1. The molecule has 0 unspecified atom stereocenters. The van der Waals surface area contributed by atoms with E-state index in [1.165, 1.54) is 12.8 Å². The minimum atomic E-state index is 0.430. The highest BCUT2D eigenvalue weighted by Crippen LogP contribution is 2.27. The lowest BCUT2D eigenvalue weighted by Gasteiger charge is -2.17. The number of rotatable bonds is 2. The van der Waals surface area contributed by atoms with Crippen molar-refractivity contribution in [3.63, 3.8) is 0 Å². The molecule has 5 heteroatoms. The van der Waals surface area contributed by atoms with Gasteiger partial charge in [0.05, 0.1) is 5.69 Å². The molecule has 88 valence electrons. The number of anilines is 1. The number of fused-ring (bicyclic) bond motifs is 1. The van der Waals surface area contributed by atoms with Crippen LogP contribution in [0.3, 0.4) is 0 Å². The lowest BCUT2D eigenvalue weighted by molar-refractivity contribution is 0.111. The van der Waals surface area contributed by atoms with Crippen molar-refractivity contribution in [3.05, 3.63) is 18.1 Å².